The standard InChI is InChI=1S/C15H16ClN3O2/c1-19-8-3-2-7-12(15(19)20)14-17-13(18-21-14)10-5-4-6-11(16)9-10/h4-6,9,12H,2-3,7-8H2,1H3. The second kappa shape index (κ2) is 5.85. The number of aromatic nitrogens is 2. The van der Waals surface area contributed by atoms with Crippen LogP contribution in [-0.4, -0.2) is 34.5 Å². The van der Waals surface area contributed by atoms with Gasteiger partial charge in [-0.2, -0.15) is 4.98 Å². The van der Waals surface area contributed by atoms with Crippen LogP contribution in [0.4, 0.5) is 0 Å². The van der Waals surface area contributed by atoms with E-state index in [1.54, 1.807) is 17.0 Å². The first-order chi connectivity index (χ1) is 10.1. The highest BCUT2D eigenvalue weighted by atomic mass is 35.5. The molecular formula is C15H16ClN3O2. The van der Waals surface area contributed by atoms with Crippen LogP contribution in [0.5, 0.6) is 0 Å². The van der Waals surface area contributed by atoms with Gasteiger partial charge in [-0.3, -0.25) is 4.79 Å². The Balaban J connectivity index is 1.89. The maximum absolute atomic E-state index is 12.3. The summed E-state index contributed by atoms with van der Waals surface area (Å²) in [5.41, 5.74) is 0.784. The molecule has 1 aliphatic rings. The van der Waals surface area contributed by atoms with E-state index < -0.39 is 0 Å². The van der Waals surface area contributed by atoms with Gasteiger partial charge < -0.3 is 9.42 Å². The van der Waals surface area contributed by atoms with Gasteiger partial charge in [0, 0.05) is 24.2 Å². The molecule has 6 heteroatoms. The zero-order valence-electron chi connectivity index (χ0n) is 11.8. The zero-order chi connectivity index (χ0) is 14.8. The summed E-state index contributed by atoms with van der Waals surface area (Å²) < 4.78 is 5.32. The third-order valence-corrected chi connectivity index (χ3v) is 3.97. The first-order valence-corrected chi connectivity index (χ1v) is 7.37. The van der Waals surface area contributed by atoms with Gasteiger partial charge in [0.05, 0.1) is 0 Å². The van der Waals surface area contributed by atoms with E-state index in [-0.39, 0.29) is 11.8 Å². The first kappa shape index (κ1) is 14.1. The van der Waals surface area contributed by atoms with Crippen molar-refractivity contribution in [2.24, 2.45) is 0 Å². The summed E-state index contributed by atoms with van der Waals surface area (Å²) in [6.45, 7) is 0.782. The van der Waals surface area contributed by atoms with Gasteiger partial charge >= 0.3 is 0 Å². The number of rotatable bonds is 2. The molecule has 21 heavy (non-hydrogen) atoms. The highest BCUT2D eigenvalue weighted by molar-refractivity contribution is 6.30. The van der Waals surface area contributed by atoms with Gasteiger partial charge in [-0.1, -0.05) is 35.3 Å². The van der Waals surface area contributed by atoms with Crippen molar-refractivity contribution < 1.29 is 9.32 Å². The van der Waals surface area contributed by atoms with Crippen molar-refractivity contribution in [3.63, 3.8) is 0 Å². The number of hydrogen-bond acceptors (Lipinski definition) is 4. The van der Waals surface area contributed by atoms with Crippen LogP contribution in [0.2, 0.25) is 5.02 Å². The third-order valence-electron chi connectivity index (χ3n) is 3.73. The smallest absolute Gasteiger partial charge is 0.239 e. The molecule has 1 saturated heterocycles. The van der Waals surface area contributed by atoms with E-state index in [9.17, 15) is 4.79 Å². The lowest BCUT2D eigenvalue weighted by atomic mass is 10.0. The average Bonchev–Trinajstić information content (AvgIpc) is 2.90. The molecule has 5 nitrogen and oxygen atoms in total. The summed E-state index contributed by atoms with van der Waals surface area (Å²) in [4.78, 5) is 18.4. The van der Waals surface area contributed by atoms with Crippen LogP contribution in [0.25, 0.3) is 11.4 Å². The van der Waals surface area contributed by atoms with Gasteiger partial charge in [0.15, 0.2) is 0 Å². The van der Waals surface area contributed by atoms with Crippen molar-refractivity contribution in [1.29, 1.82) is 0 Å². The Morgan fingerprint density at radius 2 is 2.24 bits per heavy atom. The monoisotopic (exact) mass is 305 g/mol. The minimum atomic E-state index is -0.335. The van der Waals surface area contributed by atoms with E-state index in [1.165, 1.54) is 0 Å². The minimum absolute atomic E-state index is 0.0498. The Hall–Kier alpha value is -1.88. The highest BCUT2D eigenvalue weighted by Gasteiger charge is 2.31. The van der Waals surface area contributed by atoms with Crippen LogP contribution in [-0.2, 0) is 4.79 Å². The molecule has 2 heterocycles. The van der Waals surface area contributed by atoms with Crippen molar-refractivity contribution in [1.82, 2.24) is 15.0 Å². The molecule has 3 rings (SSSR count). The molecule has 1 aromatic heterocycles. The summed E-state index contributed by atoms with van der Waals surface area (Å²) in [6.07, 6.45) is 2.74. The number of hydrogen-bond donors (Lipinski definition) is 0. The van der Waals surface area contributed by atoms with Crippen molar-refractivity contribution >= 4 is 17.5 Å². The van der Waals surface area contributed by atoms with Gasteiger partial charge in [-0.15, -0.1) is 0 Å². The molecule has 0 aliphatic carbocycles. The van der Waals surface area contributed by atoms with E-state index in [0.717, 1.165) is 31.4 Å². The molecule has 0 radical (unpaired) electrons. The Morgan fingerprint density at radius 3 is 3.05 bits per heavy atom. The molecule has 2 aromatic rings. The number of benzene rings is 1. The van der Waals surface area contributed by atoms with E-state index in [1.807, 2.05) is 19.2 Å². The Morgan fingerprint density at radius 1 is 1.38 bits per heavy atom. The fourth-order valence-electron chi connectivity index (χ4n) is 2.55. The molecule has 1 unspecified atom stereocenters. The molecule has 0 saturated carbocycles. The third kappa shape index (κ3) is 2.93. The maximum Gasteiger partial charge on any atom is 0.239 e. The number of likely N-dealkylation sites (N-methyl/N-ethyl adjacent to an activating group) is 1. The Bertz CT molecular complexity index is 656. The maximum atomic E-state index is 12.3. The molecule has 0 N–H and O–H groups in total. The van der Waals surface area contributed by atoms with Crippen molar-refractivity contribution in [3.8, 4) is 11.4 Å². The van der Waals surface area contributed by atoms with E-state index in [2.05, 4.69) is 10.1 Å². The number of carbonyl (C=O) groups is 1. The lowest BCUT2D eigenvalue weighted by Crippen LogP contribution is -2.30. The zero-order valence-corrected chi connectivity index (χ0v) is 12.5. The van der Waals surface area contributed by atoms with Gasteiger partial charge in [-0.25, -0.2) is 0 Å². The molecule has 110 valence electrons. The fraction of sp³-hybridized carbons (Fsp3) is 0.400. The number of carbonyl (C=O) groups excluding carboxylic acids is 1. The van der Waals surface area contributed by atoms with Crippen LogP contribution in [0, 0.1) is 0 Å². The quantitative estimate of drug-likeness (QED) is 0.855. The van der Waals surface area contributed by atoms with Crippen molar-refractivity contribution in [3.05, 3.63) is 35.2 Å². The van der Waals surface area contributed by atoms with Gasteiger partial charge in [0.25, 0.3) is 0 Å². The Labute approximate surface area is 127 Å². The van der Waals surface area contributed by atoms with Crippen molar-refractivity contribution in [2.45, 2.75) is 25.2 Å². The number of likely N-dealkylation sites (tertiary alicyclic amines) is 1. The van der Waals surface area contributed by atoms with Crippen LogP contribution < -0.4 is 0 Å². The molecule has 1 amide bonds. The molecule has 1 fully saturated rings. The van der Waals surface area contributed by atoms with E-state index in [0.29, 0.717) is 16.7 Å². The normalized spacial score (nSPS) is 19.6. The molecule has 1 aliphatic heterocycles. The first-order valence-electron chi connectivity index (χ1n) is 6.99. The molecular weight excluding hydrogens is 290 g/mol. The fourth-order valence-corrected chi connectivity index (χ4v) is 2.74. The van der Waals surface area contributed by atoms with Crippen molar-refractivity contribution in [2.75, 3.05) is 13.6 Å². The average molecular weight is 306 g/mol. The lowest BCUT2D eigenvalue weighted by molar-refractivity contribution is -0.131. The largest absolute Gasteiger partial charge is 0.345 e. The number of halogens is 1. The van der Waals surface area contributed by atoms with E-state index >= 15 is 0 Å². The molecule has 1 aromatic carbocycles. The number of nitrogens with zero attached hydrogens (tertiary/aromatic N) is 3. The molecule has 0 spiro atoms. The minimum Gasteiger partial charge on any atom is -0.345 e. The lowest BCUT2D eigenvalue weighted by Gasteiger charge is -2.16. The van der Waals surface area contributed by atoms with Gasteiger partial charge in [-0.05, 0) is 25.0 Å². The summed E-state index contributed by atoms with van der Waals surface area (Å²) >= 11 is 5.97. The Kier molecular flexibility index (Phi) is 3.92. The van der Waals surface area contributed by atoms with Crippen LogP contribution >= 0.6 is 11.6 Å². The molecule has 1 atom stereocenters. The highest BCUT2D eigenvalue weighted by Crippen LogP contribution is 2.28. The summed E-state index contributed by atoms with van der Waals surface area (Å²) in [7, 11) is 1.81. The summed E-state index contributed by atoms with van der Waals surface area (Å²) in [5, 5.41) is 4.59. The summed E-state index contributed by atoms with van der Waals surface area (Å²) in [6, 6.07) is 7.26. The SMILES string of the molecule is CN1CCCCC(c2nc(-c3cccc(Cl)c3)no2)C1=O. The van der Waals surface area contributed by atoms with E-state index in [4.69, 9.17) is 16.1 Å². The predicted molar refractivity (Wildman–Crippen MR) is 79.0 cm³/mol. The summed E-state index contributed by atoms with van der Waals surface area (Å²) in [5.74, 6) is 0.572. The topological polar surface area (TPSA) is 59.2 Å². The van der Waals surface area contributed by atoms with Gasteiger partial charge in [0.2, 0.25) is 17.6 Å². The van der Waals surface area contributed by atoms with Crippen LogP contribution in [0.1, 0.15) is 31.1 Å². The van der Waals surface area contributed by atoms with Crippen LogP contribution in [0.15, 0.2) is 28.8 Å². The van der Waals surface area contributed by atoms with Crippen LogP contribution in [0.3, 0.4) is 0 Å². The second-order valence-electron chi connectivity index (χ2n) is 5.27. The predicted octanol–water partition coefficient (Wildman–Crippen LogP) is 3.12. The second-order valence-corrected chi connectivity index (χ2v) is 5.71. The molecule has 0 bridgehead atoms. The number of amides is 1. The van der Waals surface area contributed by atoms with Gasteiger partial charge in [0.1, 0.15) is 5.92 Å².